The van der Waals surface area contributed by atoms with Gasteiger partial charge in [0.25, 0.3) is 0 Å². The maximum Gasteiger partial charge on any atom is 0.223 e. The van der Waals surface area contributed by atoms with Crippen LogP contribution in [0.1, 0.15) is 19.3 Å². The SMILES string of the molecule is O=C(NC1C2CNCC21)C1CC=CCC1. The quantitative estimate of drug-likeness (QED) is 0.652. The summed E-state index contributed by atoms with van der Waals surface area (Å²) in [4.78, 5) is 11.9. The average Bonchev–Trinajstić information content (AvgIpc) is 2.75. The summed E-state index contributed by atoms with van der Waals surface area (Å²) >= 11 is 0. The van der Waals surface area contributed by atoms with Crippen LogP contribution in [-0.2, 0) is 4.79 Å². The molecule has 1 amide bonds. The zero-order valence-electron chi connectivity index (χ0n) is 8.91. The maximum atomic E-state index is 11.9. The van der Waals surface area contributed by atoms with E-state index in [1.807, 2.05) is 0 Å². The standard InChI is InChI=1S/C12H18N2O/c15-12(8-4-2-1-3-5-8)14-11-9-6-13-7-10(9)11/h1-2,8-11,13H,3-7H2,(H,14,15). The van der Waals surface area contributed by atoms with Crippen LogP contribution in [0.15, 0.2) is 12.2 Å². The Morgan fingerprint density at radius 3 is 2.73 bits per heavy atom. The van der Waals surface area contributed by atoms with Gasteiger partial charge in [-0.2, -0.15) is 0 Å². The second-order valence-corrected chi connectivity index (χ2v) is 5.00. The molecule has 0 aromatic rings. The minimum absolute atomic E-state index is 0.240. The largest absolute Gasteiger partial charge is 0.352 e. The van der Waals surface area contributed by atoms with E-state index in [1.54, 1.807) is 0 Å². The predicted octanol–water partition coefficient (Wildman–Crippen LogP) is 0.677. The van der Waals surface area contributed by atoms with E-state index >= 15 is 0 Å². The lowest BCUT2D eigenvalue weighted by Crippen LogP contribution is -2.37. The highest BCUT2D eigenvalue weighted by molar-refractivity contribution is 5.79. The molecule has 3 heteroatoms. The lowest BCUT2D eigenvalue weighted by atomic mass is 9.93. The van der Waals surface area contributed by atoms with Crippen LogP contribution in [0.25, 0.3) is 0 Å². The summed E-state index contributed by atoms with van der Waals surface area (Å²) in [5.41, 5.74) is 0. The van der Waals surface area contributed by atoms with Crippen molar-refractivity contribution >= 4 is 5.91 Å². The van der Waals surface area contributed by atoms with Gasteiger partial charge in [-0.1, -0.05) is 12.2 Å². The van der Waals surface area contributed by atoms with Crippen molar-refractivity contribution in [1.82, 2.24) is 10.6 Å². The Balaban J connectivity index is 1.51. The molecule has 1 saturated heterocycles. The Hall–Kier alpha value is -0.830. The van der Waals surface area contributed by atoms with Gasteiger partial charge in [-0.05, 0) is 31.1 Å². The summed E-state index contributed by atoms with van der Waals surface area (Å²) in [6.07, 6.45) is 7.36. The molecule has 2 fully saturated rings. The molecule has 0 bridgehead atoms. The van der Waals surface area contributed by atoms with E-state index in [0.29, 0.717) is 11.9 Å². The average molecular weight is 206 g/mol. The fraction of sp³-hybridized carbons (Fsp3) is 0.750. The van der Waals surface area contributed by atoms with Crippen LogP contribution in [0, 0.1) is 17.8 Å². The number of carbonyl (C=O) groups excluding carboxylic acids is 1. The highest BCUT2D eigenvalue weighted by Gasteiger charge is 2.53. The Morgan fingerprint density at radius 1 is 1.27 bits per heavy atom. The second-order valence-electron chi connectivity index (χ2n) is 5.00. The zero-order chi connectivity index (χ0) is 10.3. The van der Waals surface area contributed by atoms with Crippen molar-refractivity contribution in [2.24, 2.45) is 17.8 Å². The van der Waals surface area contributed by atoms with Crippen LogP contribution < -0.4 is 10.6 Å². The zero-order valence-corrected chi connectivity index (χ0v) is 8.91. The van der Waals surface area contributed by atoms with Gasteiger partial charge in [0.1, 0.15) is 0 Å². The number of piperidine rings is 1. The minimum atomic E-state index is 0.240. The number of nitrogens with one attached hydrogen (secondary N) is 2. The first-order valence-electron chi connectivity index (χ1n) is 6.02. The third-order valence-electron chi connectivity index (χ3n) is 4.04. The van der Waals surface area contributed by atoms with Crippen LogP contribution >= 0.6 is 0 Å². The summed E-state index contributed by atoms with van der Waals surface area (Å²) < 4.78 is 0. The fourth-order valence-corrected chi connectivity index (χ4v) is 2.95. The Kier molecular flexibility index (Phi) is 2.28. The lowest BCUT2D eigenvalue weighted by molar-refractivity contribution is -0.125. The second kappa shape index (κ2) is 3.63. The summed E-state index contributed by atoms with van der Waals surface area (Å²) in [6.45, 7) is 2.19. The molecular formula is C12H18N2O. The van der Waals surface area contributed by atoms with Crippen LogP contribution in [0.2, 0.25) is 0 Å². The number of amides is 1. The molecule has 0 radical (unpaired) electrons. The van der Waals surface area contributed by atoms with E-state index in [9.17, 15) is 4.79 Å². The highest BCUT2D eigenvalue weighted by Crippen LogP contribution is 2.41. The smallest absolute Gasteiger partial charge is 0.223 e. The van der Waals surface area contributed by atoms with Crippen molar-refractivity contribution in [2.45, 2.75) is 25.3 Å². The number of rotatable bonds is 2. The van der Waals surface area contributed by atoms with Crippen LogP contribution in [0.4, 0.5) is 0 Å². The molecule has 3 unspecified atom stereocenters. The Labute approximate surface area is 90.3 Å². The van der Waals surface area contributed by atoms with Crippen LogP contribution in [0.5, 0.6) is 0 Å². The van der Waals surface area contributed by atoms with E-state index in [-0.39, 0.29) is 5.92 Å². The number of allylic oxidation sites excluding steroid dienone is 2. The summed E-state index contributed by atoms with van der Waals surface area (Å²) in [6, 6.07) is 0.490. The van der Waals surface area contributed by atoms with Gasteiger partial charge >= 0.3 is 0 Å². The molecule has 2 N–H and O–H groups in total. The number of fused-ring (bicyclic) bond motifs is 1. The normalized spacial score (nSPS) is 42.4. The van der Waals surface area contributed by atoms with Gasteiger partial charge in [-0.3, -0.25) is 4.79 Å². The van der Waals surface area contributed by atoms with Gasteiger partial charge < -0.3 is 10.6 Å². The molecule has 1 saturated carbocycles. The number of carbonyl (C=O) groups is 1. The van der Waals surface area contributed by atoms with Gasteiger partial charge in [0.2, 0.25) is 5.91 Å². The van der Waals surface area contributed by atoms with Crippen molar-refractivity contribution in [3.8, 4) is 0 Å². The molecule has 0 spiro atoms. The fourth-order valence-electron chi connectivity index (χ4n) is 2.95. The molecule has 1 heterocycles. The third kappa shape index (κ3) is 1.69. The molecule has 3 nitrogen and oxygen atoms in total. The molecule has 82 valence electrons. The lowest BCUT2D eigenvalue weighted by Gasteiger charge is -2.18. The highest BCUT2D eigenvalue weighted by atomic mass is 16.2. The summed E-state index contributed by atoms with van der Waals surface area (Å²) in [7, 11) is 0. The summed E-state index contributed by atoms with van der Waals surface area (Å²) in [5.74, 6) is 1.99. The topological polar surface area (TPSA) is 41.1 Å². The van der Waals surface area contributed by atoms with E-state index < -0.39 is 0 Å². The number of hydrogen-bond acceptors (Lipinski definition) is 2. The predicted molar refractivity (Wildman–Crippen MR) is 58.3 cm³/mol. The van der Waals surface area contributed by atoms with Crippen molar-refractivity contribution in [3.05, 3.63) is 12.2 Å². The molecule has 3 atom stereocenters. The molecule has 0 aromatic carbocycles. The van der Waals surface area contributed by atoms with Gasteiger partial charge in [0.05, 0.1) is 0 Å². The van der Waals surface area contributed by atoms with Crippen LogP contribution in [-0.4, -0.2) is 25.0 Å². The van der Waals surface area contributed by atoms with E-state index in [0.717, 1.165) is 44.2 Å². The van der Waals surface area contributed by atoms with Crippen molar-refractivity contribution in [1.29, 1.82) is 0 Å². The molecule has 0 aromatic heterocycles. The maximum absolute atomic E-state index is 11.9. The third-order valence-corrected chi connectivity index (χ3v) is 4.04. The van der Waals surface area contributed by atoms with E-state index in [1.165, 1.54) is 0 Å². The van der Waals surface area contributed by atoms with Gasteiger partial charge in [0.15, 0.2) is 0 Å². The van der Waals surface area contributed by atoms with Gasteiger partial charge in [-0.25, -0.2) is 0 Å². The van der Waals surface area contributed by atoms with Crippen molar-refractivity contribution < 1.29 is 4.79 Å². The van der Waals surface area contributed by atoms with Crippen molar-refractivity contribution in [3.63, 3.8) is 0 Å². The first-order chi connectivity index (χ1) is 7.36. The van der Waals surface area contributed by atoms with E-state index in [2.05, 4.69) is 22.8 Å². The van der Waals surface area contributed by atoms with E-state index in [4.69, 9.17) is 0 Å². The molecule has 3 aliphatic rings. The molecular weight excluding hydrogens is 188 g/mol. The molecule has 15 heavy (non-hydrogen) atoms. The van der Waals surface area contributed by atoms with Gasteiger partial charge in [0, 0.05) is 25.0 Å². The Bertz CT molecular complexity index is 290. The summed E-state index contributed by atoms with van der Waals surface area (Å²) in [5, 5.41) is 6.55. The van der Waals surface area contributed by atoms with Crippen LogP contribution in [0.3, 0.4) is 0 Å². The molecule has 3 rings (SSSR count). The monoisotopic (exact) mass is 206 g/mol. The van der Waals surface area contributed by atoms with Crippen molar-refractivity contribution in [2.75, 3.05) is 13.1 Å². The number of hydrogen-bond donors (Lipinski definition) is 2. The minimum Gasteiger partial charge on any atom is -0.352 e. The molecule has 2 aliphatic carbocycles. The first kappa shape index (κ1) is 9.40. The molecule has 1 aliphatic heterocycles. The van der Waals surface area contributed by atoms with Gasteiger partial charge in [-0.15, -0.1) is 0 Å². The Morgan fingerprint density at radius 2 is 2.07 bits per heavy atom. The first-order valence-corrected chi connectivity index (χ1v) is 6.02.